The monoisotopic (exact) mass is 302 g/mol. The third kappa shape index (κ3) is 2.50. The summed E-state index contributed by atoms with van der Waals surface area (Å²) in [6.45, 7) is 0. The molecular weight excluding hydrogens is 293 g/mol. The number of fused-ring (bicyclic) bond motifs is 1. The van der Waals surface area contributed by atoms with Gasteiger partial charge in [-0.2, -0.15) is 0 Å². The summed E-state index contributed by atoms with van der Waals surface area (Å²) < 4.78 is 39.5. The fourth-order valence-electron chi connectivity index (χ4n) is 2.01. The summed E-state index contributed by atoms with van der Waals surface area (Å²) >= 11 is 0. The van der Waals surface area contributed by atoms with Crippen molar-refractivity contribution in [1.29, 1.82) is 0 Å². The molecule has 3 aromatic rings. The molecule has 0 saturated carbocycles. The van der Waals surface area contributed by atoms with Crippen LogP contribution < -0.4 is 5.32 Å². The van der Waals surface area contributed by atoms with Crippen molar-refractivity contribution in [2.75, 3.05) is 5.32 Å². The number of benzene rings is 2. The van der Waals surface area contributed by atoms with E-state index in [2.05, 4.69) is 10.3 Å². The number of rotatable bonds is 2. The van der Waals surface area contributed by atoms with Crippen molar-refractivity contribution in [1.82, 2.24) is 4.98 Å². The Labute approximate surface area is 123 Å². The molecule has 0 bridgehead atoms. The van der Waals surface area contributed by atoms with Crippen LogP contribution in [0.1, 0.15) is 10.4 Å². The smallest absolute Gasteiger partial charge is 0.257 e. The quantitative estimate of drug-likeness (QED) is 0.729. The van der Waals surface area contributed by atoms with E-state index in [0.717, 1.165) is 17.5 Å². The van der Waals surface area contributed by atoms with Crippen molar-refractivity contribution in [3.63, 3.8) is 0 Å². The third-order valence-electron chi connectivity index (χ3n) is 3.14. The molecule has 0 radical (unpaired) electrons. The Morgan fingerprint density at radius 1 is 1.00 bits per heavy atom. The second kappa shape index (κ2) is 5.48. The van der Waals surface area contributed by atoms with Crippen molar-refractivity contribution in [2.24, 2.45) is 0 Å². The summed E-state index contributed by atoms with van der Waals surface area (Å²) in [6.07, 6.45) is 1.33. The zero-order valence-electron chi connectivity index (χ0n) is 11.1. The SMILES string of the molecule is O=C(Nc1ccc(F)c(F)c1F)c1cnc2ccccc2c1. The Kier molecular flexibility index (Phi) is 3.50. The Morgan fingerprint density at radius 3 is 2.59 bits per heavy atom. The van der Waals surface area contributed by atoms with Crippen LogP contribution in [0, 0.1) is 17.5 Å². The van der Waals surface area contributed by atoms with Crippen LogP contribution >= 0.6 is 0 Å². The number of hydrogen-bond donors (Lipinski definition) is 1. The minimum absolute atomic E-state index is 0.183. The fraction of sp³-hybridized carbons (Fsp3) is 0. The summed E-state index contributed by atoms with van der Waals surface area (Å²) in [5.74, 6) is -5.05. The average Bonchev–Trinajstić information content (AvgIpc) is 2.55. The van der Waals surface area contributed by atoms with Crippen molar-refractivity contribution in [3.05, 3.63) is 71.7 Å². The number of carbonyl (C=O) groups is 1. The van der Waals surface area contributed by atoms with Gasteiger partial charge in [0.2, 0.25) is 0 Å². The lowest BCUT2D eigenvalue weighted by Crippen LogP contribution is -2.14. The second-order valence-electron chi connectivity index (χ2n) is 4.59. The molecule has 0 atom stereocenters. The molecule has 0 saturated heterocycles. The van der Waals surface area contributed by atoms with Gasteiger partial charge in [0.15, 0.2) is 17.5 Å². The molecule has 3 nitrogen and oxygen atoms in total. The van der Waals surface area contributed by atoms with Gasteiger partial charge >= 0.3 is 0 Å². The maximum Gasteiger partial charge on any atom is 0.257 e. The Bertz CT molecular complexity index is 880. The molecule has 2 aromatic carbocycles. The number of amides is 1. The van der Waals surface area contributed by atoms with E-state index in [1.807, 2.05) is 6.07 Å². The molecule has 0 aliphatic heterocycles. The average molecular weight is 302 g/mol. The van der Waals surface area contributed by atoms with Crippen LogP contribution in [-0.4, -0.2) is 10.9 Å². The van der Waals surface area contributed by atoms with E-state index in [0.29, 0.717) is 5.52 Å². The summed E-state index contributed by atoms with van der Waals surface area (Å²) in [6, 6.07) is 10.4. The van der Waals surface area contributed by atoms with Crippen LogP contribution in [0.3, 0.4) is 0 Å². The normalized spacial score (nSPS) is 10.7. The van der Waals surface area contributed by atoms with E-state index >= 15 is 0 Å². The lowest BCUT2D eigenvalue weighted by Gasteiger charge is -2.07. The highest BCUT2D eigenvalue weighted by Crippen LogP contribution is 2.21. The largest absolute Gasteiger partial charge is 0.319 e. The fourth-order valence-corrected chi connectivity index (χ4v) is 2.01. The van der Waals surface area contributed by atoms with Crippen LogP contribution in [-0.2, 0) is 0 Å². The van der Waals surface area contributed by atoms with E-state index in [9.17, 15) is 18.0 Å². The molecule has 22 heavy (non-hydrogen) atoms. The van der Waals surface area contributed by atoms with E-state index < -0.39 is 29.0 Å². The number of carbonyl (C=O) groups excluding carboxylic acids is 1. The number of aromatic nitrogens is 1. The van der Waals surface area contributed by atoms with Crippen LogP contribution in [0.15, 0.2) is 48.7 Å². The maximum absolute atomic E-state index is 13.5. The lowest BCUT2D eigenvalue weighted by atomic mass is 10.1. The lowest BCUT2D eigenvalue weighted by molar-refractivity contribution is 0.102. The molecule has 1 aromatic heterocycles. The first kappa shape index (κ1) is 14.1. The first-order valence-electron chi connectivity index (χ1n) is 6.36. The van der Waals surface area contributed by atoms with Crippen molar-refractivity contribution in [2.45, 2.75) is 0 Å². The van der Waals surface area contributed by atoms with E-state index in [1.54, 1.807) is 24.3 Å². The van der Waals surface area contributed by atoms with Gasteiger partial charge in [0.1, 0.15) is 0 Å². The van der Waals surface area contributed by atoms with E-state index in [1.165, 1.54) is 6.20 Å². The van der Waals surface area contributed by atoms with Crippen LogP contribution in [0.2, 0.25) is 0 Å². The number of pyridine rings is 1. The van der Waals surface area contributed by atoms with Crippen LogP contribution in [0.5, 0.6) is 0 Å². The molecule has 1 amide bonds. The van der Waals surface area contributed by atoms with Crippen LogP contribution in [0.25, 0.3) is 10.9 Å². The highest BCUT2D eigenvalue weighted by molar-refractivity contribution is 6.05. The molecule has 0 aliphatic carbocycles. The number of anilines is 1. The molecular formula is C16H9F3N2O. The summed E-state index contributed by atoms with van der Waals surface area (Å²) in [5.41, 5.74) is 0.456. The van der Waals surface area contributed by atoms with Crippen molar-refractivity contribution < 1.29 is 18.0 Å². The van der Waals surface area contributed by atoms with Crippen LogP contribution in [0.4, 0.5) is 18.9 Å². The molecule has 6 heteroatoms. The summed E-state index contributed by atoms with van der Waals surface area (Å²) in [5, 5.41) is 2.94. The summed E-state index contributed by atoms with van der Waals surface area (Å²) in [4.78, 5) is 16.2. The molecule has 0 aliphatic rings. The first-order valence-corrected chi connectivity index (χ1v) is 6.36. The Hall–Kier alpha value is -2.89. The molecule has 1 heterocycles. The standard InChI is InChI=1S/C16H9F3N2O/c17-11-5-6-13(15(19)14(11)18)21-16(22)10-7-9-3-1-2-4-12(9)20-8-10/h1-8H,(H,21,22). The number of halogens is 3. The zero-order chi connectivity index (χ0) is 15.7. The number of para-hydroxylation sites is 1. The minimum atomic E-state index is -1.63. The third-order valence-corrected chi connectivity index (χ3v) is 3.14. The van der Waals surface area contributed by atoms with Gasteiger partial charge < -0.3 is 5.32 Å². The number of nitrogens with one attached hydrogen (secondary N) is 1. The van der Waals surface area contributed by atoms with Crippen molar-refractivity contribution >= 4 is 22.5 Å². The maximum atomic E-state index is 13.5. The topological polar surface area (TPSA) is 42.0 Å². The number of hydrogen-bond acceptors (Lipinski definition) is 2. The highest BCUT2D eigenvalue weighted by Gasteiger charge is 2.16. The Balaban J connectivity index is 1.92. The highest BCUT2D eigenvalue weighted by atomic mass is 19.2. The van der Waals surface area contributed by atoms with E-state index in [-0.39, 0.29) is 5.56 Å². The predicted octanol–water partition coefficient (Wildman–Crippen LogP) is 3.90. The van der Waals surface area contributed by atoms with E-state index in [4.69, 9.17) is 0 Å². The molecule has 0 spiro atoms. The molecule has 1 N–H and O–H groups in total. The summed E-state index contributed by atoms with van der Waals surface area (Å²) in [7, 11) is 0. The van der Waals surface area contributed by atoms with Gasteiger partial charge in [-0.15, -0.1) is 0 Å². The van der Waals surface area contributed by atoms with Gasteiger partial charge in [0.05, 0.1) is 16.8 Å². The molecule has 110 valence electrons. The zero-order valence-corrected chi connectivity index (χ0v) is 11.1. The van der Waals surface area contributed by atoms with Gasteiger partial charge in [0, 0.05) is 11.6 Å². The van der Waals surface area contributed by atoms with Gasteiger partial charge in [-0.25, -0.2) is 13.2 Å². The second-order valence-corrected chi connectivity index (χ2v) is 4.59. The molecule has 3 rings (SSSR count). The minimum Gasteiger partial charge on any atom is -0.319 e. The predicted molar refractivity (Wildman–Crippen MR) is 76.0 cm³/mol. The molecule has 0 unspecified atom stereocenters. The van der Waals surface area contributed by atoms with Gasteiger partial charge in [-0.3, -0.25) is 9.78 Å². The van der Waals surface area contributed by atoms with Gasteiger partial charge in [-0.05, 0) is 24.3 Å². The number of nitrogens with zero attached hydrogens (tertiary/aromatic N) is 1. The van der Waals surface area contributed by atoms with Gasteiger partial charge in [0.25, 0.3) is 5.91 Å². The Morgan fingerprint density at radius 2 is 1.77 bits per heavy atom. The van der Waals surface area contributed by atoms with Gasteiger partial charge in [-0.1, -0.05) is 18.2 Å². The first-order chi connectivity index (χ1) is 10.6. The molecule has 0 fully saturated rings. The van der Waals surface area contributed by atoms with Crippen molar-refractivity contribution in [3.8, 4) is 0 Å².